The molecule has 1 saturated heterocycles. The molecule has 0 aromatic carbocycles. The molecule has 1 heterocycles. The Morgan fingerprint density at radius 1 is 1.46 bits per heavy atom. The third kappa shape index (κ3) is 2.84. The van der Waals surface area contributed by atoms with E-state index in [-0.39, 0.29) is 12.6 Å². The molecule has 1 atom stereocenters. The molecule has 0 unspecified atom stereocenters. The highest BCUT2D eigenvalue weighted by atomic mass is 19.4. The van der Waals surface area contributed by atoms with Gasteiger partial charge in [-0.3, -0.25) is 0 Å². The molecule has 1 fully saturated rings. The lowest BCUT2D eigenvalue weighted by Crippen LogP contribution is -2.51. The smallest absolute Gasteiger partial charge is 0.315 e. The van der Waals surface area contributed by atoms with E-state index in [1.807, 2.05) is 0 Å². The number of nitrogens with one attached hydrogen (secondary N) is 1. The van der Waals surface area contributed by atoms with Crippen molar-refractivity contribution in [2.24, 2.45) is 0 Å². The lowest BCUT2D eigenvalue weighted by Gasteiger charge is -2.34. The van der Waals surface area contributed by atoms with Crippen LogP contribution in [0.25, 0.3) is 0 Å². The Hall–Kier alpha value is -0.290. The molecule has 1 aliphatic heterocycles. The van der Waals surface area contributed by atoms with E-state index in [0.717, 1.165) is 13.0 Å². The molecule has 1 N–H and O–H groups in total. The van der Waals surface area contributed by atoms with Crippen molar-refractivity contribution < 1.29 is 13.2 Å². The number of hydrogen-bond donors (Lipinski definition) is 1. The first-order chi connectivity index (χ1) is 6.05. The zero-order chi connectivity index (χ0) is 9.90. The van der Waals surface area contributed by atoms with E-state index in [1.54, 1.807) is 6.92 Å². The zero-order valence-corrected chi connectivity index (χ0v) is 7.69. The maximum atomic E-state index is 12.4. The summed E-state index contributed by atoms with van der Waals surface area (Å²) in [6, 6.07) is -0.376. The van der Waals surface area contributed by atoms with E-state index in [0.29, 0.717) is 17.9 Å². The van der Waals surface area contributed by atoms with Gasteiger partial charge in [0.25, 0.3) is 0 Å². The number of likely N-dealkylation sites (N-methyl/N-ethyl adjacent to an activating group) is 1. The molecular weight excluding hydrogens is 181 g/mol. The second-order valence-corrected chi connectivity index (χ2v) is 3.25. The normalized spacial score (nSPS) is 25.2. The van der Waals surface area contributed by atoms with Crippen LogP contribution in [0, 0.1) is 0 Å². The summed E-state index contributed by atoms with van der Waals surface area (Å²) < 4.78 is 37.2. The molecule has 78 valence electrons. The van der Waals surface area contributed by atoms with Crippen LogP contribution in [0.2, 0.25) is 0 Å². The number of alkyl halides is 3. The Bertz CT molecular complexity index is 152. The van der Waals surface area contributed by atoms with Gasteiger partial charge in [-0.1, -0.05) is 6.92 Å². The molecule has 0 radical (unpaired) electrons. The average molecular weight is 196 g/mol. The van der Waals surface area contributed by atoms with Gasteiger partial charge in [0.05, 0.1) is 0 Å². The van der Waals surface area contributed by atoms with Crippen LogP contribution in [0.3, 0.4) is 0 Å². The first-order valence-corrected chi connectivity index (χ1v) is 4.60. The van der Waals surface area contributed by atoms with Crippen LogP contribution in [0.5, 0.6) is 0 Å². The van der Waals surface area contributed by atoms with Crippen LogP contribution in [0.4, 0.5) is 13.2 Å². The van der Waals surface area contributed by atoms with Crippen LogP contribution < -0.4 is 5.32 Å². The van der Waals surface area contributed by atoms with E-state index in [9.17, 15) is 13.2 Å². The monoisotopic (exact) mass is 196 g/mol. The van der Waals surface area contributed by atoms with Crippen molar-refractivity contribution in [3.8, 4) is 0 Å². The highest BCUT2D eigenvalue weighted by molar-refractivity contribution is 4.78. The SMILES string of the molecule is CCN([C@H]1CCCNC1)C(F)(F)F. The largest absolute Gasteiger partial charge is 0.460 e. The van der Waals surface area contributed by atoms with Gasteiger partial charge in [-0.05, 0) is 19.4 Å². The first-order valence-electron chi connectivity index (χ1n) is 4.60. The summed E-state index contributed by atoms with van der Waals surface area (Å²) in [5, 5.41) is 2.98. The van der Waals surface area contributed by atoms with Crippen molar-refractivity contribution in [1.29, 1.82) is 0 Å². The second kappa shape index (κ2) is 4.28. The Kier molecular flexibility index (Phi) is 3.55. The Balaban J connectivity index is 2.54. The minimum Gasteiger partial charge on any atom is -0.315 e. The lowest BCUT2D eigenvalue weighted by atomic mass is 10.1. The second-order valence-electron chi connectivity index (χ2n) is 3.25. The topological polar surface area (TPSA) is 15.3 Å². The van der Waals surface area contributed by atoms with Gasteiger partial charge >= 0.3 is 6.30 Å². The van der Waals surface area contributed by atoms with Gasteiger partial charge in [0.1, 0.15) is 0 Å². The molecule has 0 saturated carbocycles. The average Bonchev–Trinajstić information content (AvgIpc) is 2.05. The number of nitrogens with zero attached hydrogens (tertiary/aromatic N) is 1. The minimum absolute atomic E-state index is 0.0375. The summed E-state index contributed by atoms with van der Waals surface area (Å²) in [5.41, 5.74) is 0. The predicted molar refractivity (Wildman–Crippen MR) is 44.3 cm³/mol. The maximum absolute atomic E-state index is 12.4. The Morgan fingerprint density at radius 3 is 2.54 bits per heavy atom. The third-order valence-corrected chi connectivity index (χ3v) is 2.38. The molecule has 13 heavy (non-hydrogen) atoms. The number of halogens is 3. The number of rotatable bonds is 2. The summed E-state index contributed by atoms with van der Waals surface area (Å²) in [6.45, 7) is 2.87. The summed E-state index contributed by atoms with van der Waals surface area (Å²) in [5.74, 6) is 0. The van der Waals surface area contributed by atoms with Crippen molar-refractivity contribution in [2.45, 2.75) is 32.1 Å². The quantitative estimate of drug-likeness (QED) is 0.674. The molecule has 5 heteroatoms. The summed E-state index contributed by atoms with van der Waals surface area (Å²) >= 11 is 0. The van der Waals surface area contributed by atoms with Gasteiger partial charge in [-0.15, -0.1) is 0 Å². The minimum atomic E-state index is -4.18. The van der Waals surface area contributed by atoms with Crippen LogP contribution in [-0.2, 0) is 0 Å². The van der Waals surface area contributed by atoms with E-state index >= 15 is 0 Å². The molecule has 0 amide bonds. The molecule has 0 spiro atoms. The van der Waals surface area contributed by atoms with E-state index < -0.39 is 6.30 Å². The fraction of sp³-hybridized carbons (Fsp3) is 1.00. The molecule has 1 rings (SSSR count). The van der Waals surface area contributed by atoms with Crippen LogP contribution in [-0.4, -0.2) is 36.9 Å². The van der Waals surface area contributed by atoms with Crippen LogP contribution >= 0.6 is 0 Å². The van der Waals surface area contributed by atoms with E-state index in [1.165, 1.54) is 0 Å². The Morgan fingerprint density at radius 2 is 2.15 bits per heavy atom. The predicted octanol–water partition coefficient (Wildman–Crippen LogP) is 1.58. The van der Waals surface area contributed by atoms with Crippen molar-refractivity contribution >= 4 is 0 Å². The molecule has 0 bridgehead atoms. The lowest BCUT2D eigenvalue weighted by molar-refractivity contribution is -0.258. The third-order valence-electron chi connectivity index (χ3n) is 2.38. The molecular formula is C8H15F3N2. The standard InChI is InChI=1S/C8H15F3N2/c1-2-13(8(9,10)11)7-4-3-5-12-6-7/h7,12H,2-6H2,1H3/t7-/m0/s1. The maximum Gasteiger partial charge on any atom is 0.460 e. The van der Waals surface area contributed by atoms with Crippen molar-refractivity contribution in [3.05, 3.63) is 0 Å². The molecule has 0 aromatic rings. The molecule has 0 aromatic heterocycles. The van der Waals surface area contributed by atoms with Crippen LogP contribution in [0.1, 0.15) is 19.8 Å². The van der Waals surface area contributed by atoms with E-state index in [4.69, 9.17) is 0 Å². The van der Waals surface area contributed by atoms with Crippen molar-refractivity contribution in [2.75, 3.05) is 19.6 Å². The summed E-state index contributed by atoms with van der Waals surface area (Å²) in [4.78, 5) is 0.610. The van der Waals surface area contributed by atoms with Gasteiger partial charge < -0.3 is 5.32 Å². The van der Waals surface area contributed by atoms with Gasteiger partial charge in [-0.2, -0.15) is 13.2 Å². The highest BCUT2D eigenvalue weighted by Crippen LogP contribution is 2.25. The highest BCUT2D eigenvalue weighted by Gasteiger charge is 2.40. The zero-order valence-electron chi connectivity index (χ0n) is 7.69. The molecule has 1 aliphatic rings. The number of piperidine rings is 1. The van der Waals surface area contributed by atoms with Gasteiger partial charge in [0.2, 0.25) is 0 Å². The number of hydrogen-bond acceptors (Lipinski definition) is 2. The molecule has 0 aliphatic carbocycles. The fourth-order valence-corrected chi connectivity index (χ4v) is 1.74. The van der Waals surface area contributed by atoms with Crippen molar-refractivity contribution in [1.82, 2.24) is 10.2 Å². The Labute approximate surface area is 76.1 Å². The van der Waals surface area contributed by atoms with Crippen molar-refractivity contribution in [3.63, 3.8) is 0 Å². The summed E-state index contributed by atoms with van der Waals surface area (Å²) in [6.07, 6.45) is -2.71. The first kappa shape index (κ1) is 10.8. The molecule has 2 nitrogen and oxygen atoms in total. The van der Waals surface area contributed by atoms with Gasteiger partial charge in [0.15, 0.2) is 0 Å². The van der Waals surface area contributed by atoms with Gasteiger partial charge in [0, 0.05) is 19.1 Å². The summed E-state index contributed by atoms with van der Waals surface area (Å²) in [7, 11) is 0. The van der Waals surface area contributed by atoms with E-state index in [2.05, 4.69) is 5.32 Å². The fourth-order valence-electron chi connectivity index (χ4n) is 1.74. The van der Waals surface area contributed by atoms with Crippen LogP contribution in [0.15, 0.2) is 0 Å². The van der Waals surface area contributed by atoms with Gasteiger partial charge in [-0.25, -0.2) is 4.90 Å².